The summed E-state index contributed by atoms with van der Waals surface area (Å²) in [7, 11) is 1.61. The lowest BCUT2D eigenvalue weighted by Gasteiger charge is -2.16. The minimum Gasteiger partial charge on any atom is -0.481 e. The second kappa shape index (κ2) is 7.87. The molecule has 0 saturated heterocycles. The highest BCUT2D eigenvalue weighted by molar-refractivity contribution is 7.18. The Balaban J connectivity index is 1.90. The Morgan fingerprint density at radius 1 is 1.35 bits per heavy atom. The average molecular weight is 336 g/mol. The van der Waals surface area contributed by atoms with Gasteiger partial charge in [-0.05, 0) is 12.5 Å². The molecule has 0 bridgehead atoms. The topological polar surface area (TPSA) is 95.4 Å². The molecule has 0 aliphatic rings. The number of carbonyl (C=O) groups excluding carboxylic acids is 1. The summed E-state index contributed by atoms with van der Waals surface area (Å²) in [5.41, 5.74) is 0. The number of carboxylic acid groups (broad SMARTS) is 1. The molecule has 0 unspecified atom stereocenters. The van der Waals surface area contributed by atoms with Crippen LogP contribution in [-0.2, 0) is 16.0 Å². The predicted octanol–water partition coefficient (Wildman–Crippen LogP) is 1.99. The molecular weight excluding hydrogens is 316 g/mol. The maximum atomic E-state index is 11.9. The van der Waals surface area contributed by atoms with E-state index in [9.17, 15) is 9.59 Å². The van der Waals surface area contributed by atoms with Gasteiger partial charge in [-0.3, -0.25) is 9.59 Å². The number of aliphatic carboxylic acids is 1. The molecule has 0 radical (unpaired) electrons. The van der Waals surface area contributed by atoms with E-state index in [1.54, 1.807) is 18.4 Å². The van der Waals surface area contributed by atoms with Crippen LogP contribution in [0.15, 0.2) is 12.4 Å². The van der Waals surface area contributed by atoms with Crippen LogP contribution in [0.5, 0.6) is 0 Å². The molecule has 1 amide bonds. The van der Waals surface area contributed by atoms with Crippen LogP contribution < -0.4 is 5.32 Å². The Labute approximate surface area is 138 Å². The second-order valence-electron chi connectivity index (χ2n) is 5.14. The number of anilines is 1. The summed E-state index contributed by atoms with van der Waals surface area (Å²) >= 11 is 1.64. The first-order valence-electron chi connectivity index (χ1n) is 7.44. The lowest BCUT2D eigenvalue weighted by Crippen LogP contribution is -2.30. The van der Waals surface area contributed by atoms with E-state index in [1.165, 1.54) is 16.1 Å². The molecule has 7 nitrogen and oxygen atoms in total. The van der Waals surface area contributed by atoms with Crippen LogP contribution in [-0.4, -0.2) is 52.0 Å². The fraction of sp³-hybridized carbons (Fsp3) is 0.467. The van der Waals surface area contributed by atoms with Gasteiger partial charge in [0.15, 0.2) is 0 Å². The molecule has 2 rings (SSSR count). The van der Waals surface area contributed by atoms with Crippen molar-refractivity contribution in [2.45, 2.75) is 26.2 Å². The van der Waals surface area contributed by atoms with Gasteiger partial charge in [0.05, 0.1) is 11.8 Å². The van der Waals surface area contributed by atoms with E-state index < -0.39 is 5.97 Å². The first-order valence-corrected chi connectivity index (χ1v) is 8.26. The van der Waals surface area contributed by atoms with Gasteiger partial charge in [-0.1, -0.05) is 6.92 Å². The highest BCUT2D eigenvalue weighted by Gasteiger charge is 2.11. The molecule has 0 aliphatic heterocycles. The smallest absolute Gasteiger partial charge is 0.305 e. The summed E-state index contributed by atoms with van der Waals surface area (Å²) in [6, 6.07) is 2.07. The van der Waals surface area contributed by atoms with E-state index in [1.807, 2.05) is 0 Å². The number of hydrogen-bond acceptors (Lipinski definition) is 6. The van der Waals surface area contributed by atoms with Gasteiger partial charge >= 0.3 is 5.97 Å². The third kappa shape index (κ3) is 4.62. The SMILES string of the molecule is CCc1cc2c(NCCC(=O)N(C)CCC(=O)O)ncnc2s1. The molecule has 2 aromatic rings. The van der Waals surface area contributed by atoms with Crippen LogP contribution in [0, 0.1) is 0 Å². The second-order valence-corrected chi connectivity index (χ2v) is 6.26. The monoisotopic (exact) mass is 336 g/mol. The van der Waals surface area contributed by atoms with Crippen molar-refractivity contribution in [3.8, 4) is 0 Å². The molecule has 2 aromatic heterocycles. The zero-order valence-electron chi connectivity index (χ0n) is 13.2. The van der Waals surface area contributed by atoms with Crippen LogP contribution in [0.25, 0.3) is 10.2 Å². The van der Waals surface area contributed by atoms with Crippen molar-refractivity contribution in [3.05, 3.63) is 17.3 Å². The van der Waals surface area contributed by atoms with E-state index in [0.29, 0.717) is 6.54 Å². The molecule has 0 fully saturated rings. The average Bonchev–Trinajstić information content (AvgIpc) is 2.96. The Morgan fingerprint density at radius 2 is 2.13 bits per heavy atom. The quantitative estimate of drug-likeness (QED) is 0.765. The lowest BCUT2D eigenvalue weighted by atomic mass is 10.3. The molecule has 0 spiro atoms. The van der Waals surface area contributed by atoms with Gasteiger partial charge in [0.25, 0.3) is 0 Å². The number of nitrogens with one attached hydrogen (secondary N) is 1. The Hall–Kier alpha value is -2.22. The lowest BCUT2D eigenvalue weighted by molar-refractivity contribution is -0.138. The first kappa shape index (κ1) is 17.1. The number of aromatic nitrogens is 2. The number of aryl methyl sites for hydroxylation is 1. The van der Waals surface area contributed by atoms with Crippen molar-refractivity contribution in [2.24, 2.45) is 0 Å². The fourth-order valence-corrected chi connectivity index (χ4v) is 3.02. The summed E-state index contributed by atoms with van der Waals surface area (Å²) in [6.07, 6.45) is 2.71. The molecule has 0 atom stereocenters. The largest absolute Gasteiger partial charge is 0.481 e. The van der Waals surface area contributed by atoms with Crippen molar-refractivity contribution in [1.82, 2.24) is 14.9 Å². The number of carboxylic acids is 1. The third-order valence-corrected chi connectivity index (χ3v) is 4.63. The zero-order valence-corrected chi connectivity index (χ0v) is 14.0. The van der Waals surface area contributed by atoms with Crippen LogP contribution in [0.4, 0.5) is 5.82 Å². The molecule has 0 aliphatic carbocycles. The van der Waals surface area contributed by atoms with Gasteiger partial charge in [0, 0.05) is 31.4 Å². The van der Waals surface area contributed by atoms with Crippen LogP contribution in [0.2, 0.25) is 0 Å². The van der Waals surface area contributed by atoms with Gasteiger partial charge in [-0.15, -0.1) is 11.3 Å². The van der Waals surface area contributed by atoms with Crippen LogP contribution >= 0.6 is 11.3 Å². The Morgan fingerprint density at radius 3 is 2.83 bits per heavy atom. The molecule has 0 aromatic carbocycles. The third-order valence-electron chi connectivity index (χ3n) is 3.45. The van der Waals surface area contributed by atoms with Gasteiger partial charge in [-0.2, -0.15) is 0 Å². The van der Waals surface area contributed by atoms with E-state index in [2.05, 4.69) is 28.3 Å². The highest BCUT2D eigenvalue weighted by atomic mass is 32.1. The number of rotatable bonds is 8. The number of nitrogens with zero attached hydrogens (tertiary/aromatic N) is 3. The Kier molecular flexibility index (Phi) is 5.86. The van der Waals surface area contributed by atoms with E-state index in [-0.39, 0.29) is 25.3 Å². The van der Waals surface area contributed by atoms with E-state index >= 15 is 0 Å². The summed E-state index contributed by atoms with van der Waals surface area (Å²) in [4.78, 5) is 34.5. The molecule has 8 heteroatoms. The highest BCUT2D eigenvalue weighted by Crippen LogP contribution is 2.28. The van der Waals surface area contributed by atoms with Gasteiger partial charge in [0.1, 0.15) is 17.0 Å². The number of amides is 1. The fourth-order valence-electron chi connectivity index (χ4n) is 2.09. The Bertz CT molecular complexity index is 701. The van der Waals surface area contributed by atoms with Crippen molar-refractivity contribution in [2.75, 3.05) is 25.5 Å². The molecule has 2 heterocycles. The molecule has 0 saturated carbocycles. The number of carbonyl (C=O) groups is 2. The standard InChI is InChI=1S/C15H20N4O3S/c1-3-10-8-11-14(17-9-18-15(11)23-10)16-6-4-12(20)19(2)7-5-13(21)22/h8-9H,3-7H2,1-2H3,(H,21,22)(H,16,17,18). The van der Waals surface area contributed by atoms with E-state index in [4.69, 9.17) is 5.11 Å². The summed E-state index contributed by atoms with van der Waals surface area (Å²) in [6.45, 7) is 2.76. The van der Waals surface area contributed by atoms with Gasteiger partial charge < -0.3 is 15.3 Å². The minimum atomic E-state index is -0.907. The minimum absolute atomic E-state index is 0.0447. The normalized spacial score (nSPS) is 10.7. The number of fused-ring (bicyclic) bond motifs is 1. The molecule has 124 valence electrons. The first-order chi connectivity index (χ1) is 11.0. The number of thiophene rings is 1. The molecular formula is C15H20N4O3S. The van der Waals surface area contributed by atoms with E-state index in [0.717, 1.165) is 22.5 Å². The van der Waals surface area contributed by atoms with Crippen molar-refractivity contribution < 1.29 is 14.7 Å². The predicted molar refractivity (Wildman–Crippen MR) is 89.8 cm³/mol. The van der Waals surface area contributed by atoms with Crippen molar-refractivity contribution in [3.63, 3.8) is 0 Å². The van der Waals surface area contributed by atoms with Crippen LogP contribution in [0.3, 0.4) is 0 Å². The van der Waals surface area contributed by atoms with Gasteiger partial charge in [0.2, 0.25) is 5.91 Å². The summed E-state index contributed by atoms with van der Waals surface area (Å²) < 4.78 is 0. The summed E-state index contributed by atoms with van der Waals surface area (Å²) in [5, 5.41) is 12.8. The number of hydrogen-bond donors (Lipinski definition) is 2. The molecule has 2 N–H and O–H groups in total. The molecule has 23 heavy (non-hydrogen) atoms. The zero-order chi connectivity index (χ0) is 16.8. The summed E-state index contributed by atoms with van der Waals surface area (Å²) in [5.74, 6) is -0.272. The van der Waals surface area contributed by atoms with Gasteiger partial charge in [-0.25, -0.2) is 9.97 Å². The van der Waals surface area contributed by atoms with Crippen molar-refractivity contribution in [1.29, 1.82) is 0 Å². The maximum Gasteiger partial charge on any atom is 0.305 e. The maximum absolute atomic E-state index is 11.9. The van der Waals surface area contributed by atoms with Crippen molar-refractivity contribution >= 4 is 39.2 Å². The van der Waals surface area contributed by atoms with Crippen LogP contribution in [0.1, 0.15) is 24.6 Å².